The topological polar surface area (TPSA) is 84.2 Å². The van der Waals surface area contributed by atoms with Crippen molar-refractivity contribution in [1.29, 1.82) is 0 Å². The number of carboxylic acid groups (broad SMARTS) is 1. The fourth-order valence-corrected chi connectivity index (χ4v) is 2.76. The first-order chi connectivity index (χ1) is 12.5. The predicted molar refractivity (Wildman–Crippen MR) is 101 cm³/mol. The molecular weight excluding hydrogens is 354 g/mol. The molecular formula is C19H24ClN3O3. The quantitative estimate of drug-likeness (QED) is 0.613. The Bertz CT molecular complexity index is 741. The molecule has 0 atom stereocenters. The number of aryl methyl sites for hydroxylation is 1. The number of carbonyl (C=O) groups is 2. The molecule has 1 aromatic carbocycles. The van der Waals surface area contributed by atoms with Crippen molar-refractivity contribution in [3.8, 4) is 5.69 Å². The summed E-state index contributed by atoms with van der Waals surface area (Å²) in [6, 6.07) is 7.26. The van der Waals surface area contributed by atoms with Crippen LogP contribution in [0.4, 0.5) is 0 Å². The summed E-state index contributed by atoms with van der Waals surface area (Å²) in [5.74, 6) is -0.875. The number of carbonyl (C=O) groups excluding carboxylic acids is 1. The van der Waals surface area contributed by atoms with Crippen LogP contribution in [0, 0.1) is 6.92 Å². The Balaban J connectivity index is 1.76. The Morgan fingerprint density at radius 2 is 1.77 bits per heavy atom. The lowest BCUT2D eigenvalue weighted by Gasteiger charge is -2.04. The van der Waals surface area contributed by atoms with Crippen LogP contribution in [0.15, 0.2) is 30.5 Å². The van der Waals surface area contributed by atoms with Crippen molar-refractivity contribution in [1.82, 2.24) is 15.1 Å². The van der Waals surface area contributed by atoms with Gasteiger partial charge in [-0.05, 0) is 44.0 Å². The molecule has 2 N–H and O–H groups in total. The molecule has 0 saturated heterocycles. The molecule has 0 unspecified atom stereocenters. The molecule has 26 heavy (non-hydrogen) atoms. The molecule has 0 bridgehead atoms. The molecule has 6 nitrogen and oxygen atoms in total. The van der Waals surface area contributed by atoms with E-state index in [2.05, 4.69) is 10.4 Å². The van der Waals surface area contributed by atoms with Crippen LogP contribution in [0.25, 0.3) is 5.69 Å². The minimum atomic E-state index is -0.744. The molecule has 1 heterocycles. The average Bonchev–Trinajstić information content (AvgIpc) is 2.99. The SMILES string of the molecule is Cc1nn(-c2ccc(Cl)cc2)cc1C(=O)NCCCCCCCC(=O)O. The van der Waals surface area contributed by atoms with E-state index >= 15 is 0 Å². The summed E-state index contributed by atoms with van der Waals surface area (Å²) >= 11 is 5.89. The fourth-order valence-electron chi connectivity index (χ4n) is 2.64. The highest BCUT2D eigenvalue weighted by Gasteiger charge is 2.13. The third kappa shape index (κ3) is 6.19. The maximum atomic E-state index is 12.3. The number of amides is 1. The van der Waals surface area contributed by atoms with Crippen molar-refractivity contribution in [3.05, 3.63) is 46.7 Å². The number of nitrogens with zero attached hydrogens (tertiary/aromatic N) is 2. The van der Waals surface area contributed by atoms with Gasteiger partial charge in [-0.15, -0.1) is 0 Å². The standard InChI is InChI=1S/C19H24ClN3O3/c1-14-17(13-23(22-14)16-10-8-15(20)9-11-16)19(26)21-12-6-4-2-3-5-7-18(24)25/h8-11,13H,2-7,12H2,1H3,(H,21,26)(H,24,25). The van der Waals surface area contributed by atoms with Crippen molar-refractivity contribution in [2.75, 3.05) is 6.54 Å². The largest absolute Gasteiger partial charge is 0.481 e. The van der Waals surface area contributed by atoms with Gasteiger partial charge in [0.1, 0.15) is 0 Å². The highest BCUT2D eigenvalue weighted by molar-refractivity contribution is 6.30. The van der Waals surface area contributed by atoms with Gasteiger partial charge in [-0.1, -0.05) is 30.9 Å². The maximum absolute atomic E-state index is 12.3. The smallest absolute Gasteiger partial charge is 0.303 e. The first-order valence-electron chi connectivity index (χ1n) is 8.79. The molecule has 0 radical (unpaired) electrons. The molecule has 0 aliphatic heterocycles. The zero-order valence-electron chi connectivity index (χ0n) is 14.9. The average molecular weight is 378 g/mol. The van der Waals surface area contributed by atoms with Crippen LogP contribution in [-0.2, 0) is 4.79 Å². The van der Waals surface area contributed by atoms with Gasteiger partial charge in [0.05, 0.1) is 16.9 Å². The van der Waals surface area contributed by atoms with Crippen molar-refractivity contribution in [2.24, 2.45) is 0 Å². The van der Waals surface area contributed by atoms with Gasteiger partial charge < -0.3 is 10.4 Å². The van der Waals surface area contributed by atoms with E-state index in [0.29, 0.717) is 29.2 Å². The number of benzene rings is 1. The lowest BCUT2D eigenvalue weighted by Crippen LogP contribution is -2.24. The van der Waals surface area contributed by atoms with Crippen molar-refractivity contribution < 1.29 is 14.7 Å². The number of hydrogen-bond acceptors (Lipinski definition) is 3. The monoisotopic (exact) mass is 377 g/mol. The van der Waals surface area contributed by atoms with E-state index in [0.717, 1.165) is 31.4 Å². The second-order valence-electron chi connectivity index (χ2n) is 6.22. The zero-order chi connectivity index (χ0) is 18.9. The van der Waals surface area contributed by atoms with Crippen molar-refractivity contribution >= 4 is 23.5 Å². The summed E-state index contributed by atoms with van der Waals surface area (Å²) < 4.78 is 1.67. The van der Waals surface area contributed by atoms with Crippen LogP contribution in [0.1, 0.15) is 54.6 Å². The van der Waals surface area contributed by atoms with Gasteiger partial charge in [0.2, 0.25) is 0 Å². The number of rotatable bonds is 10. The van der Waals surface area contributed by atoms with Crippen LogP contribution in [0.5, 0.6) is 0 Å². The lowest BCUT2D eigenvalue weighted by atomic mass is 10.1. The number of carboxylic acids is 1. The van der Waals surface area contributed by atoms with Crippen LogP contribution in [0.3, 0.4) is 0 Å². The number of halogens is 1. The first kappa shape index (κ1) is 20.0. The van der Waals surface area contributed by atoms with E-state index in [4.69, 9.17) is 16.7 Å². The Hall–Kier alpha value is -2.34. The molecule has 2 rings (SSSR count). The summed E-state index contributed by atoms with van der Waals surface area (Å²) in [7, 11) is 0. The van der Waals surface area contributed by atoms with Gasteiger partial charge in [0.25, 0.3) is 5.91 Å². The van der Waals surface area contributed by atoms with Crippen LogP contribution < -0.4 is 5.32 Å². The van der Waals surface area contributed by atoms with E-state index in [1.54, 1.807) is 23.0 Å². The molecule has 140 valence electrons. The molecule has 0 aliphatic rings. The summed E-state index contributed by atoms with van der Waals surface area (Å²) in [6.07, 6.45) is 6.41. The van der Waals surface area contributed by atoms with E-state index < -0.39 is 5.97 Å². The molecule has 7 heteroatoms. The van der Waals surface area contributed by atoms with Gasteiger partial charge in [-0.2, -0.15) is 5.10 Å². The molecule has 0 aliphatic carbocycles. The van der Waals surface area contributed by atoms with Gasteiger partial charge in [-0.25, -0.2) is 4.68 Å². The van der Waals surface area contributed by atoms with Gasteiger partial charge in [-0.3, -0.25) is 9.59 Å². The van der Waals surface area contributed by atoms with E-state index in [9.17, 15) is 9.59 Å². The Morgan fingerprint density at radius 1 is 1.12 bits per heavy atom. The van der Waals surface area contributed by atoms with E-state index in [1.165, 1.54) is 0 Å². The third-order valence-electron chi connectivity index (χ3n) is 4.09. The van der Waals surface area contributed by atoms with E-state index in [1.807, 2.05) is 19.1 Å². The zero-order valence-corrected chi connectivity index (χ0v) is 15.6. The second-order valence-corrected chi connectivity index (χ2v) is 6.65. The van der Waals surface area contributed by atoms with Gasteiger partial charge in [0.15, 0.2) is 0 Å². The highest BCUT2D eigenvalue weighted by Crippen LogP contribution is 2.15. The normalized spacial score (nSPS) is 10.7. The number of nitrogens with one attached hydrogen (secondary N) is 1. The third-order valence-corrected chi connectivity index (χ3v) is 4.34. The molecule has 1 amide bonds. The van der Waals surface area contributed by atoms with Crippen LogP contribution in [0.2, 0.25) is 5.02 Å². The van der Waals surface area contributed by atoms with Gasteiger partial charge >= 0.3 is 5.97 Å². The van der Waals surface area contributed by atoms with Crippen LogP contribution >= 0.6 is 11.6 Å². The van der Waals surface area contributed by atoms with Crippen molar-refractivity contribution in [3.63, 3.8) is 0 Å². The highest BCUT2D eigenvalue weighted by atomic mass is 35.5. The lowest BCUT2D eigenvalue weighted by molar-refractivity contribution is -0.137. The molecule has 0 saturated carbocycles. The number of unbranched alkanes of at least 4 members (excludes halogenated alkanes) is 4. The van der Waals surface area contributed by atoms with Crippen LogP contribution in [-0.4, -0.2) is 33.3 Å². The molecule has 1 aromatic heterocycles. The number of hydrogen-bond donors (Lipinski definition) is 2. The van der Waals surface area contributed by atoms with Gasteiger partial charge in [0, 0.05) is 24.2 Å². The molecule has 2 aromatic rings. The Labute approximate surface area is 158 Å². The number of aliphatic carboxylic acids is 1. The predicted octanol–water partition coefficient (Wildman–Crippen LogP) is 3.99. The first-order valence-corrected chi connectivity index (χ1v) is 9.17. The summed E-state index contributed by atoms with van der Waals surface area (Å²) in [5, 5.41) is 16.5. The minimum Gasteiger partial charge on any atom is -0.481 e. The number of aromatic nitrogens is 2. The minimum absolute atomic E-state index is 0.131. The summed E-state index contributed by atoms with van der Waals surface area (Å²) in [4.78, 5) is 22.7. The Morgan fingerprint density at radius 3 is 2.46 bits per heavy atom. The molecule has 0 fully saturated rings. The van der Waals surface area contributed by atoms with Crippen molar-refractivity contribution in [2.45, 2.75) is 45.4 Å². The fraction of sp³-hybridized carbons (Fsp3) is 0.421. The summed E-state index contributed by atoms with van der Waals surface area (Å²) in [6.45, 7) is 2.41. The molecule has 0 spiro atoms. The second kappa shape index (κ2) is 9.97. The summed E-state index contributed by atoms with van der Waals surface area (Å²) in [5.41, 5.74) is 2.07. The Kier molecular flexibility index (Phi) is 7.66. The maximum Gasteiger partial charge on any atom is 0.303 e. The van der Waals surface area contributed by atoms with E-state index in [-0.39, 0.29) is 12.3 Å².